The lowest BCUT2D eigenvalue weighted by Gasteiger charge is -2.38. The number of anilines is 1. The minimum absolute atomic E-state index is 0.388. The van der Waals surface area contributed by atoms with Gasteiger partial charge in [-0.25, -0.2) is 4.98 Å². The van der Waals surface area contributed by atoms with Crippen molar-refractivity contribution in [2.75, 3.05) is 18.6 Å². The van der Waals surface area contributed by atoms with Gasteiger partial charge in [-0.3, -0.25) is 0 Å². The summed E-state index contributed by atoms with van der Waals surface area (Å²) in [7, 11) is 1.80. The second-order valence-corrected chi connectivity index (χ2v) is 5.31. The van der Waals surface area contributed by atoms with Crippen molar-refractivity contribution in [1.29, 1.82) is 0 Å². The maximum atomic E-state index is 5.83. The quantitative estimate of drug-likeness (QED) is 0.788. The van der Waals surface area contributed by atoms with Crippen LogP contribution in [0.3, 0.4) is 0 Å². The smallest absolute Gasteiger partial charge is 0.131 e. The van der Waals surface area contributed by atoms with Gasteiger partial charge in [0.05, 0.1) is 6.10 Å². The molecular formula is C14H21ClN2O. The van der Waals surface area contributed by atoms with Crippen LogP contribution in [-0.2, 0) is 10.6 Å². The Labute approximate surface area is 114 Å². The molecule has 1 aromatic heterocycles. The van der Waals surface area contributed by atoms with Crippen molar-refractivity contribution in [3.63, 3.8) is 0 Å². The number of pyridine rings is 1. The van der Waals surface area contributed by atoms with Crippen LogP contribution in [0, 0.1) is 6.92 Å². The second-order valence-electron chi connectivity index (χ2n) is 5.04. The lowest BCUT2D eigenvalue weighted by atomic mass is 10.00. The topological polar surface area (TPSA) is 25.4 Å². The van der Waals surface area contributed by atoms with E-state index in [1.165, 1.54) is 5.56 Å². The third-order valence-electron chi connectivity index (χ3n) is 3.69. The van der Waals surface area contributed by atoms with Crippen molar-refractivity contribution in [1.82, 2.24) is 4.98 Å². The molecule has 0 N–H and O–H groups in total. The molecule has 0 radical (unpaired) electrons. The molecule has 0 spiro atoms. The highest BCUT2D eigenvalue weighted by Crippen LogP contribution is 2.27. The first-order chi connectivity index (χ1) is 8.65. The monoisotopic (exact) mass is 268 g/mol. The van der Waals surface area contributed by atoms with E-state index in [4.69, 9.17) is 16.3 Å². The van der Waals surface area contributed by atoms with Crippen molar-refractivity contribution >= 4 is 17.4 Å². The molecule has 4 heteroatoms. The average Bonchev–Trinajstić information content (AvgIpc) is 2.39. The van der Waals surface area contributed by atoms with E-state index < -0.39 is 0 Å². The number of hydrogen-bond acceptors (Lipinski definition) is 3. The zero-order valence-electron chi connectivity index (χ0n) is 11.3. The van der Waals surface area contributed by atoms with Crippen LogP contribution in [0.1, 0.15) is 30.9 Å². The van der Waals surface area contributed by atoms with Crippen molar-refractivity contribution in [3.05, 3.63) is 23.4 Å². The predicted molar refractivity (Wildman–Crippen MR) is 75.4 cm³/mol. The minimum atomic E-state index is 0.388. The van der Waals surface area contributed by atoms with Gasteiger partial charge in [0.25, 0.3) is 0 Å². The molecule has 1 fully saturated rings. The summed E-state index contributed by atoms with van der Waals surface area (Å²) in [5.41, 5.74) is 2.29. The van der Waals surface area contributed by atoms with Crippen LogP contribution in [0.4, 0.5) is 5.82 Å². The number of alkyl halides is 1. The molecule has 2 heterocycles. The fourth-order valence-electron chi connectivity index (χ4n) is 2.66. The molecule has 0 aromatic carbocycles. The summed E-state index contributed by atoms with van der Waals surface area (Å²) in [4.78, 5) is 6.95. The summed E-state index contributed by atoms with van der Waals surface area (Å²) in [5, 5.41) is 0. The van der Waals surface area contributed by atoms with Gasteiger partial charge in [0.2, 0.25) is 0 Å². The van der Waals surface area contributed by atoms with Gasteiger partial charge in [0.1, 0.15) is 5.82 Å². The van der Waals surface area contributed by atoms with E-state index in [9.17, 15) is 0 Å². The zero-order chi connectivity index (χ0) is 13.1. The van der Waals surface area contributed by atoms with Crippen LogP contribution in [0.25, 0.3) is 0 Å². The highest BCUT2D eigenvalue weighted by molar-refractivity contribution is 6.17. The first kappa shape index (κ1) is 13.6. The summed E-state index contributed by atoms with van der Waals surface area (Å²) in [6.45, 7) is 5.35. The van der Waals surface area contributed by atoms with Crippen LogP contribution in [0.2, 0.25) is 0 Å². The molecule has 0 aliphatic carbocycles. The van der Waals surface area contributed by atoms with E-state index in [0.717, 1.165) is 30.8 Å². The van der Waals surface area contributed by atoms with E-state index in [1.807, 2.05) is 6.20 Å². The molecule has 2 unspecified atom stereocenters. The van der Waals surface area contributed by atoms with Crippen LogP contribution < -0.4 is 4.90 Å². The second kappa shape index (κ2) is 5.89. The van der Waals surface area contributed by atoms with Crippen LogP contribution in [-0.4, -0.2) is 30.8 Å². The van der Waals surface area contributed by atoms with Crippen LogP contribution in [0.5, 0.6) is 0 Å². The Morgan fingerprint density at radius 3 is 2.89 bits per heavy atom. The first-order valence-electron chi connectivity index (χ1n) is 6.46. The zero-order valence-corrected chi connectivity index (χ0v) is 12.1. The van der Waals surface area contributed by atoms with Gasteiger partial charge in [-0.05, 0) is 43.9 Å². The van der Waals surface area contributed by atoms with Gasteiger partial charge in [-0.1, -0.05) is 0 Å². The van der Waals surface area contributed by atoms with Gasteiger partial charge in [0.15, 0.2) is 0 Å². The lowest BCUT2D eigenvalue weighted by molar-refractivity contribution is 0.0719. The van der Waals surface area contributed by atoms with E-state index in [-0.39, 0.29) is 0 Å². The molecule has 100 valence electrons. The molecule has 1 saturated heterocycles. The normalized spacial score (nSPS) is 24.3. The Bertz CT molecular complexity index is 411. The number of hydrogen-bond donors (Lipinski definition) is 0. The fraction of sp³-hybridized carbons (Fsp3) is 0.643. The number of ether oxygens (including phenoxy) is 1. The number of halogens is 1. The van der Waals surface area contributed by atoms with Crippen LogP contribution >= 0.6 is 11.6 Å². The van der Waals surface area contributed by atoms with E-state index in [1.54, 1.807) is 7.11 Å². The molecule has 1 aliphatic heterocycles. The van der Waals surface area contributed by atoms with E-state index in [0.29, 0.717) is 18.0 Å². The molecule has 18 heavy (non-hydrogen) atoms. The van der Waals surface area contributed by atoms with Crippen molar-refractivity contribution in [2.45, 2.75) is 44.7 Å². The molecule has 0 bridgehead atoms. The van der Waals surface area contributed by atoms with Gasteiger partial charge < -0.3 is 9.64 Å². The Hall–Kier alpha value is -0.800. The van der Waals surface area contributed by atoms with Crippen molar-refractivity contribution in [2.24, 2.45) is 0 Å². The maximum absolute atomic E-state index is 5.83. The molecular weight excluding hydrogens is 248 g/mol. The number of aromatic nitrogens is 1. The summed E-state index contributed by atoms with van der Waals surface area (Å²) in [5.74, 6) is 1.61. The summed E-state index contributed by atoms with van der Waals surface area (Å²) in [6.07, 6.45) is 4.40. The Morgan fingerprint density at radius 1 is 1.56 bits per heavy atom. The number of rotatable bonds is 3. The highest BCUT2D eigenvalue weighted by atomic mass is 35.5. The molecule has 0 saturated carbocycles. The molecule has 1 aliphatic rings. The fourth-order valence-corrected chi connectivity index (χ4v) is 2.80. The van der Waals surface area contributed by atoms with Crippen LogP contribution in [0.15, 0.2) is 12.3 Å². The standard InChI is InChI=1S/C14H21ClN2O/c1-10-6-12(8-15)9-16-14(10)17-5-4-13(18-3)7-11(17)2/h6,9,11,13H,4-5,7-8H2,1-3H3. The lowest BCUT2D eigenvalue weighted by Crippen LogP contribution is -2.44. The number of nitrogens with zero attached hydrogens (tertiary/aromatic N) is 2. The summed E-state index contributed by atoms with van der Waals surface area (Å²) in [6, 6.07) is 2.60. The minimum Gasteiger partial charge on any atom is -0.381 e. The average molecular weight is 269 g/mol. The predicted octanol–water partition coefficient (Wildman–Crippen LogP) is 3.13. The first-order valence-corrected chi connectivity index (χ1v) is 7.00. The third kappa shape index (κ3) is 2.78. The third-order valence-corrected chi connectivity index (χ3v) is 4.00. The van der Waals surface area contributed by atoms with E-state index in [2.05, 4.69) is 29.8 Å². The largest absolute Gasteiger partial charge is 0.381 e. The molecule has 0 amide bonds. The SMILES string of the molecule is COC1CCN(c2ncc(CCl)cc2C)C(C)C1. The summed E-state index contributed by atoms with van der Waals surface area (Å²) < 4.78 is 5.45. The summed E-state index contributed by atoms with van der Waals surface area (Å²) >= 11 is 5.83. The Kier molecular flexibility index (Phi) is 4.46. The van der Waals surface area contributed by atoms with Gasteiger partial charge in [0, 0.05) is 31.8 Å². The van der Waals surface area contributed by atoms with Crippen molar-refractivity contribution in [3.8, 4) is 0 Å². The number of aryl methyl sites for hydroxylation is 1. The highest BCUT2D eigenvalue weighted by Gasteiger charge is 2.26. The van der Waals surface area contributed by atoms with Gasteiger partial charge >= 0.3 is 0 Å². The maximum Gasteiger partial charge on any atom is 0.131 e. The Morgan fingerprint density at radius 2 is 2.33 bits per heavy atom. The molecule has 2 atom stereocenters. The van der Waals surface area contributed by atoms with Gasteiger partial charge in [-0.15, -0.1) is 11.6 Å². The van der Waals surface area contributed by atoms with E-state index >= 15 is 0 Å². The molecule has 1 aromatic rings. The van der Waals surface area contributed by atoms with Gasteiger partial charge in [-0.2, -0.15) is 0 Å². The molecule has 3 nitrogen and oxygen atoms in total. The Balaban J connectivity index is 2.16. The van der Waals surface area contributed by atoms with Crippen molar-refractivity contribution < 1.29 is 4.74 Å². The molecule has 2 rings (SSSR count). The number of piperidine rings is 1. The number of methoxy groups -OCH3 is 1.